The quantitative estimate of drug-likeness (QED) is 0.563. The van der Waals surface area contributed by atoms with Gasteiger partial charge in [-0.15, -0.1) is 0 Å². The first-order valence-electron chi connectivity index (χ1n) is 5.45. The van der Waals surface area contributed by atoms with Crippen LogP contribution >= 0.6 is 0 Å². The Kier molecular flexibility index (Phi) is 4.63. The fourth-order valence-electron chi connectivity index (χ4n) is 1.25. The highest BCUT2D eigenvalue weighted by atomic mass is 16.6. The molecule has 92 valence electrons. The van der Waals surface area contributed by atoms with Gasteiger partial charge in [-0.1, -0.05) is 26.0 Å². The molecule has 0 spiro atoms. The number of rotatable bonds is 6. The van der Waals surface area contributed by atoms with E-state index in [0.717, 1.165) is 6.42 Å². The van der Waals surface area contributed by atoms with Crippen molar-refractivity contribution in [1.29, 1.82) is 0 Å². The van der Waals surface area contributed by atoms with Gasteiger partial charge in [0.2, 0.25) is 0 Å². The Labute approximate surface area is 99.5 Å². The lowest BCUT2D eigenvalue weighted by Crippen LogP contribution is -2.18. The van der Waals surface area contributed by atoms with E-state index in [2.05, 4.69) is 0 Å². The van der Waals surface area contributed by atoms with Crippen molar-refractivity contribution < 1.29 is 14.5 Å². The first kappa shape index (κ1) is 13.2. The second kappa shape index (κ2) is 5.98. The van der Waals surface area contributed by atoms with E-state index in [-0.39, 0.29) is 29.7 Å². The molecule has 0 aliphatic carbocycles. The van der Waals surface area contributed by atoms with Crippen LogP contribution in [0.2, 0.25) is 0 Å². The molecule has 0 aliphatic rings. The Morgan fingerprint density at radius 2 is 2.12 bits per heavy atom. The molecule has 1 rings (SSSR count). The molecule has 0 heterocycles. The number of carbonyl (C=O) groups excluding carboxylic acids is 1. The second-order valence-electron chi connectivity index (χ2n) is 3.79. The van der Waals surface area contributed by atoms with Crippen LogP contribution in [0.4, 0.5) is 5.69 Å². The summed E-state index contributed by atoms with van der Waals surface area (Å²) < 4.78 is 5.19. The first-order chi connectivity index (χ1) is 8.06. The van der Waals surface area contributed by atoms with E-state index in [1.54, 1.807) is 12.1 Å². The first-order valence-corrected chi connectivity index (χ1v) is 5.45. The molecule has 0 aromatic heterocycles. The van der Waals surface area contributed by atoms with Crippen LogP contribution in [0.25, 0.3) is 0 Å². The SMILES string of the molecule is CCC(C)C(=O)COc1ccccc1[N+](=O)[O-]. The van der Waals surface area contributed by atoms with Crippen molar-refractivity contribution in [2.45, 2.75) is 20.3 Å². The van der Waals surface area contributed by atoms with E-state index in [4.69, 9.17) is 4.74 Å². The number of nitrogens with zero attached hydrogens (tertiary/aromatic N) is 1. The van der Waals surface area contributed by atoms with Crippen LogP contribution in [-0.4, -0.2) is 17.3 Å². The number of hydrogen-bond donors (Lipinski definition) is 0. The molecule has 0 fully saturated rings. The summed E-state index contributed by atoms with van der Waals surface area (Å²) >= 11 is 0. The highest BCUT2D eigenvalue weighted by Gasteiger charge is 2.16. The van der Waals surface area contributed by atoms with Gasteiger partial charge in [-0.3, -0.25) is 14.9 Å². The number of carbonyl (C=O) groups is 1. The number of nitro groups is 1. The summed E-state index contributed by atoms with van der Waals surface area (Å²) in [7, 11) is 0. The minimum absolute atomic E-state index is 0.0503. The van der Waals surface area contributed by atoms with Gasteiger partial charge < -0.3 is 4.74 Å². The summed E-state index contributed by atoms with van der Waals surface area (Å²) in [6, 6.07) is 6.03. The largest absolute Gasteiger partial charge is 0.479 e. The molecule has 17 heavy (non-hydrogen) atoms. The molecular weight excluding hydrogens is 222 g/mol. The van der Waals surface area contributed by atoms with Gasteiger partial charge in [-0.2, -0.15) is 0 Å². The summed E-state index contributed by atoms with van der Waals surface area (Å²) in [6.45, 7) is 3.60. The number of ketones is 1. The Morgan fingerprint density at radius 3 is 2.71 bits per heavy atom. The Morgan fingerprint density at radius 1 is 1.47 bits per heavy atom. The predicted molar refractivity (Wildman–Crippen MR) is 63.1 cm³/mol. The van der Waals surface area contributed by atoms with Gasteiger partial charge in [0.1, 0.15) is 6.61 Å². The summed E-state index contributed by atoms with van der Waals surface area (Å²) in [6.07, 6.45) is 0.735. The van der Waals surface area contributed by atoms with Gasteiger partial charge >= 0.3 is 5.69 Å². The normalized spacial score (nSPS) is 11.9. The lowest BCUT2D eigenvalue weighted by molar-refractivity contribution is -0.385. The zero-order valence-electron chi connectivity index (χ0n) is 9.88. The minimum Gasteiger partial charge on any atom is -0.479 e. The van der Waals surface area contributed by atoms with E-state index < -0.39 is 4.92 Å². The van der Waals surface area contributed by atoms with Crippen LogP contribution in [-0.2, 0) is 4.79 Å². The number of hydrogen-bond acceptors (Lipinski definition) is 4. The van der Waals surface area contributed by atoms with Crippen molar-refractivity contribution in [2.24, 2.45) is 5.92 Å². The van der Waals surface area contributed by atoms with Crippen molar-refractivity contribution in [1.82, 2.24) is 0 Å². The fourth-order valence-corrected chi connectivity index (χ4v) is 1.25. The Balaban J connectivity index is 2.69. The molecule has 1 atom stereocenters. The third-order valence-corrected chi connectivity index (χ3v) is 2.59. The third-order valence-electron chi connectivity index (χ3n) is 2.59. The van der Waals surface area contributed by atoms with Gasteiger partial charge in [0.25, 0.3) is 0 Å². The van der Waals surface area contributed by atoms with E-state index in [1.165, 1.54) is 12.1 Å². The molecule has 1 aromatic rings. The van der Waals surface area contributed by atoms with Gasteiger partial charge in [-0.25, -0.2) is 0 Å². The highest BCUT2D eigenvalue weighted by molar-refractivity contribution is 5.82. The van der Waals surface area contributed by atoms with E-state index >= 15 is 0 Å². The maximum absolute atomic E-state index is 11.5. The van der Waals surface area contributed by atoms with Gasteiger partial charge in [0.15, 0.2) is 11.5 Å². The maximum Gasteiger partial charge on any atom is 0.310 e. The lowest BCUT2D eigenvalue weighted by Gasteiger charge is -2.09. The van der Waals surface area contributed by atoms with E-state index in [0.29, 0.717) is 0 Å². The molecule has 0 N–H and O–H groups in total. The standard InChI is InChI=1S/C12H15NO4/c1-3-9(2)11(14)8-17-12-7-5-4-6-10(12)13(15)16/h4-7,9H,3,8H2,1-2H3. The molecule has 0 amide bonds. The molecule has 0 bridgehead atoms. The number of benzene rings is 1. The molecule has 1 unspecified atom stereocenters. The number of Topliss-reactive ketones (excluding diaryl/α,β-unsaturated/α-hetero) is 1. The van der Waals surface area contributed by atoms with Crippen molar-refractivity contribution >= 4 is 11.5 Å². The molecule has 5 nitrogen and oxygen atoms in total. The van der Waals surface area contributed by atoms with Crippen LogP contribution in [0.15, 0.2) is 24.3 Å². The van der Waals surface area contributed by atoms with Gasteiger partial charge in [-0.05, 0) is 12.5 Å². The van der Waals surface area contributed by atoms with Crippen LogP contribution in [0.1, 0.15) is 20.3 Å². The Bertz CT molecular complexity index is 417. The average molecular weight is 237 g/mol. The zero-order chi connectivity index (χ0) is 12.8. The number of para-hydroxylation sites is 2. The predicted octanol–water partition coefficient (Wildman–Crippen LogP) is 2.59. The van der Waals surface area contributed by atoms with Crippen LogP contribution < -0.4 is 4.74 Å². The summed E-state index contributed by atoms with van der Waals surface area (Å²) in [4.78, 5) is 21.7. The Hall–Kier alpha value is -1.91. The van der Waals surface area contributed by atoms with Crippen molar-refractivity contribution in [3.05, 3.63) is 34.4 Å². The van der Waals surface area contributed by atoms with Crippen LogP contribution in [0.5, 0.6) is 5.75 Å². The topological polar surface area (TPSA) is 69.4 Å². The van der Waals surface area contributed by atoms with E-state index in [1.807, 2.05) is 13.8 Å². The number of ether oxygens (including phenoxy) is 1. The zero-order valence-corrected chi connectivity index (χ0v) is 9.88. The van der Waals surface area contributed by atoms with Crippen LogP contribution in [0, 0.1) is 16.0 Å². The second-order valence-corrected chi connectivity index (χ2v) is 3.79. The summed E-state index contributed by atoms with van der Waals surface area (Å²) in [5.74, 6) is -0.00225. The highest BCUT2D eigenvalue weighted by Crippen LogP contribution is 2.25. The average Bonchev–Trinajstić information content (AvgIpc) is 2.35. The maximum atomic E-state index is 11.5. The molecule has 0 saturated carbocycles. The monoisotopic (exact) mass is 237 g/mol. The molecule has 0 radical (unpaired) electrons. The molecular formula is C12H15NO4. The molecule has 0 saturated heterocycles. The minimum atomic E-state index is -0.525. The smallest absolute Gasteiger partial charge is 0.310 e. The fraction of sp³-hybridized carbons (Fsp3) is 0.417. The summed E-state index contributed by atoms with van der Waals surface area (Å²) in [5, 5.41) is 10.7. The molecule has 5 heteroatoms. The molecule has 1 aromatic carbocycles. The molecule has 0 aliphatic heterocycles. The van der Waals surface area contributed by atoms with Crippen molar-refractivity contribution in [3.8, 4) is 5.75 Å². The van der Waals surface area contributed by atoms with E-state index in [9.17, 15) is 14.9 Å². The number of nitro benzene ring substituents is 1. The van der Waals surface area contributed by atoms with Crippen molar-refractivity contribution in [2.75, 3.05) is 6.61 Å². The van der Waals surface area contributed by atoms with Gasteiger partial charge in [0.05, 0.1) is 4.92 Å². The third kappa shape index (κ3) is 3.55. The van der Waals surface area contributed by atoms with Gasteiger partial charge in [0, 0.05) is 12.0 Å². The lowest BCUT2D eigenvalue weighted by atomic mass is 10.0. The van der Waals surface area contributed by atoms with Crippen molar-refractivity contribution in [3.63, 3.8) is 0 Å². The van der Waals surface area contributed by atoms with Crippen LogP contribution in [0.3, 0.4) is 0 Å². The summed E-state index contributed by atoms with van der Waals surface area (Å²) in [5.41, 5.74) is -0.121.